The van der Waals surface area contributed by atoms with E-state index in [2.05, 4.69) is 25.3 Å². The fourth-order valence-corrected chi connectivity index (χ4v) is 3.40. The normalized spacial score (nSPS) is 10.9. The largest absolute Gasteiger partial charge is 0.323 e. The van der Waals surface area contributed by atoms with Gasteiger partial charge in [-0.05, 0) is 55.5 Å². The molecule has 0 aliphatic heterocycles. The van der Waals surface area contributed by atoms with Gasteiger partial charge in [-0.3, -0.25) is 0 Å². The molecule has 0 saturated heterocycles. The van der Waals surface area contributed by atoms with Crippen LogP contribution in [0.15, 0.2) is 65.7 Å². The zero-order valence-electron chi connectivity index (χ0n) is 14.7. The molecule has 0 aliphatic carbocycles. The lowest BCUT2D eigenvalue weighted by atomic mass is 10.3. The Balaban J connectivity index is 1.66. The fraction of sp³-hybridized carbons (Fsp3) is 0.0556. The van der Waals surface area contributed by atoms with Gasteiger partial charge < -0.3 is 10.6 Å². The number of benzene rings is 2. The maximum Gasteiger partial charge on any atom is 0.323 e. The molecule has 0 spiro atoms. The van der Waals surface area contributed by atoms with Gasteiger partial charge in [-0.15, -0.1) is 0 Å². The van der Waals surface area contributed by atoms with E-state index in [0.717, 1.165) is 0 Å². The first kappa shape index (κ1) is 19.6. The number of urea groups is 1. The Hall–Kier alpha value is -3.17. The minimum Gasteiger partial charge on any atom is -0.308 e. The second kappa shape index (κ2) is 8.24. The van der Waals surface area contributed by atoms with E-state index in [0.29, 0.717) is 22.1 Å². The lowest BCUT2D eigenvalue weighted by Crippen LogP contribution is -2.19. The van der Waals surface area contributed by atoms with Gasteiger partial charge in [0.25, 0.3) is 10.0 Å². The number of aryl methyl sites for hydroxylation is 1. The number of sulfonamides is 1. The van der Waals surface area contributed by atoms with Crippen LogP contribution in [0.4, 0.5) is 22.1 Å². The molecule has 2 aromatic carbocycles. The molecule has 0 radical (unpaired) electrons. The van der Waals surface area contributed by atoms with Gasteiger partial charge in [0.1, 0.15) is 0 Å². The first-order valence-corrected chi connectivity index (χ1v) is 9.94. The fourth-order valence-electron chi connectivity index (χ4n) is 2.25. The molecule has 3 rings (SSSR count). The highest BCUT2D eigenvalue weighted by atomic mass is 35.5. The summed E-state index contributed by atoms with van der Waals surface area (Å²) in [6, 6.07) is 13.6. The highest BCUT2D eigenvalue weighted by molar-refractivity contribution is 7.92. The van der Waals surface area contributed by atoms with Gasteiger partial charge in [0.05, 0.1) is 4.90 Å². The molecular formula is C18H16ClN5O3S. The Labute approximate surface area is 167 Å². The van der Waals surface area contributed by atoms with E-state index in [1.807, 2.05) is 0 Å². The molecule has 10 heteroatoms. The molecule has 1 heterocycles. The van der Waals surface area contributed by atoms with Crippen molar-refractivity contribution in [2.24, 2.45) is 0 Å². The average molecular weight is 418 g/mol. The lowest BCUT2D eigenvalue weighted by Gasteiger charge is -2.10. The van der Waals surface area contributed by atoms with Crippen LogP contribution in [0.3, 0.4) is 0 Å². The van der Waals surface area contributed by atoms with E-state index < -0.39 is 16.1 Å². The van der Waals surface area contributed by atoms with E-state index in [1.165, 1.54) is 30.5 Å². The number of nitrogens with one attached hydrogen (secondary N) is 3. The third-order valence-corrected chi connectivity index (χ3v) is 5.10. The predicted octanol–water partition coefficient (Wildman–Crippen LogP) is 3.88. The van der Waals surface area contributed by atoms with Gasteiger partial charge in [0, 0.05) is 28.3 Å². The van der Waals surface area contributed by atoms with Gasteiger partial charge in [-0.2, -0.15) is 0 Å². The highest BCUT2D eigenvalue weighted by Gasteiger charge is 2.16. The molecule has 1 aromatic heterocycles. The van der Waals surface area contributed by atoms with E-state index in [9.17, 15) is 13.2 Å². The number of nitrogens with zero attached hydrogens (tertiary/aromatic N) is 2. The number of aromatic nitrogens is 2. The van der Waals surface area contributed by atoms with Gasteiger partial charge in [0.15, 0.2) is 0 Å². The summed E-state index contributed by atoms with van der Waals surface area (Å²) in [4.78, 5) is 19.9. The maximum atomic E-state index is 12.4. The Bertz CT molecular complexity index is 1100. The second-order valence-electron chi connectivity index (χ2n) is 5.74. The Kier molecular flexibility index (Phi) is 5.76. The minimum absolute atomic E-state index is 0.0110. The van der Waals surface area contributed by atoms with Crippen molar-refractivity contribution >= 4 is 45.0 Å². The van der Waals surface area contributed by atoms with Crippen molar-refractivity contribution in [2.75, 3.05) is 15.4 Å². The summed E-state index contributed by atoms with van der Waals surface area (Å²) in [6.45, 7) is 1.73. The summed E-state index contributed by atoms with van der Waals surface area (Å²) in [5, 5.41) is 5.74. The van der Waals surface area contributed by atoms with E-state index in [4.69, 9.17) is 11.6 Å². The Morgan fingerprint density at radius 1 is 1.00 bits per heavy atom. The Morgan fingerprint density at radius 3 is 2.39 bits per heavy atom. The lowest BCUT2D eigenvalue weighted by molar-refractivity contribution is 0.262. The second-order valence-corrected chi connectivity index (χ2v) is 7.86. The number of amides is 2. The molecule has 0 atom stereocenters. The molecule has 0 aliphatic rings. The maximum absolute atomic E-state index is 12.4. The van der Waals surface area contributed by atoms with Gasteiger partial charge in [-0.25, -0.2) is 27.9 Å². The molecule has 2 amide bonds. The van der Waals surface area contributed by atoms with Crippen LogP contribution in [0.2, 0.25) is 5.02 Å². The number of hydrogen-bond donors (Lipinski definition) is 3. The summed E-state index contributed by atoms with van der Waals surface area (Å²) in [5.41, 5.74) is 1.59. The number of anilines is 3. The molecule has 0 saturated carbocycles. The van der Waals surface area contributed by atoms with Crippen LogP contribution < -0.4 is 15.4 Å². The molecule has 144 valence electrons. The average Bonchev–Trinajstić information content (AvgIpc) is 2.61. The quantitative estimate of drug-likeness (QED) is 0.583. The van der Waals surface area contributed by atoms with Crippen molar-refractivity contribution in [3.05, 3.63) is 71.5 Å². The van der Waals surface area contributed by atoms with Gasteiger partial charge in [0.2, 0.25) is 5.95 Å². The number of hydrogen-bond acceptors (Lipinski definition) is 5. The molecule has 0 bridgehead atoms. The number of carbonyl (C=O) groups excluding carboxylic acids is 1. The van der Waals surface area contributed by atoms with Crippen molar-refractivity contribution in [3.63, 3.8) is 0 Å². The van der Waals surface area contributed by atoms with E-state index in [-0.39, 0.29) is 10.8 Å². The SMILES string of the molecule is Cc1ccnc(NS(=O)(=O)c2ccc(NC(=O)Nc3cccc(Cl)c3)cc2)n1. The van der Waals surface area contributed by atoms with Crippen molar-refractivity contribution in [2.45, 2.75) is 11.8 Å². The molecule has 0 fully saturated rings. The summed E-state index contributed by atoms with van der Waals surface area (Å²) < 4.78 is 27.1. The summed E-state index contributed by atoms with van der Waals surface area (Å²) in [5.74, 6) is -0.0110. The zero-order valence-corrected chi connectivity index (χ0v) is 16.3. The van der Waals surface area contributed by atoms with Crippen LogP contribution in [-0.2, 0) is 10.0 Å². The van der Waals surface area contributed by atoms with Crippen LogP contribution in [0.1, 0.15) is 5.69 Å². The minimum atomic E-state index is -3.85. The predicted molar refractivity (Wildman–Crippen MR) is 108 cm³/mol. The molecular weight excluding hydrogens is 402 g/mol. The molecule has 3 aromatic rings. The Morgan fingerprint density at radius 2 is 1.71 bits per heavy atom. The first-order valence-electron chi connectivity index (χ1n) is 8.08. The summed E-state index contributed by atoms with van der Waals surface area (Å²) >= 11 is 5.87. The van der Waals surface area contributed by atoms with Crippen LogP contribution in [0, 0.1) is 6.92 Å². The third-order valence-electron chi connectivity index (χ3n) is 3.53. The zero-order chi connectivity index (χ0) is 20.1. The van der Waals surface area contributed by atoms with Crippen molar-refractivity contribution < 1.29 is 13.2 Å². The number of carbonyl (C=O) groups is 1. The van der Waals surface area contributed by atoms with Crippen LogP contribution in [0.5, 0.6) is 0 Å². The molecule has 0 unspecified atom stereocenters. The first-order chi connectivity index (χ1) is 13.3. The van der Waals surface area contributed by atoms with Crippen molar-refractivity contribution in [1.29, 1.82) is 0 Å². The number of rotatable bonds is 5. The van der Waals surface area contributed by atoms with E-state index >= 15 is 0 Å². The summed E-state index contributed by atoms with van der Waals surface area (Å²) in [7, 11) is -3.85. The molecule has 28 heavy (non-hydrogen) atoms. The molecule has 8 nitrogen and oxygen atoms in total. The standard InChI is InChI=1S/C18H16ClN5O3S/c1-12-9-10-20-17(21-12)24-28(26,27)16-7-5-14(6-8-16)22-18(25)23-15-4-2-3-13(19)11-15/h2-11H,1H3,(H,20,21,24)(H2,22,23,25). The van der Waals surface area contributed by atoms with Crippen molar-refractivity contribution in [3.8, 4) is 0 Å². The van der Waals surface area contributed by atoms with Crippen LogP contribution >= 0.6 is 11.6 Å². The third kappa shape index (κ3) is 5.18. The highest BCUT2D eigenvalue weighted by Crippen LogP contribution is 2.18. The monoisotopic (exact) mass is 417 g/mol. The summed E-state index contributed by atoms with van der Waals surface area (Å²) in [6.07, 6.45) is 1.46. The van der Waals surface area contributed by atoms with E-state index in [1.54, 1.807) is 37.3 Å². The van der Waals surface area contributed by atoms with Crippen molar-refractivity contribution in [1.82, 2.24) is 9.97 Å². The molecule has 3 N–H and O–H groups in total. The van der Waals surface area contributed by atoms with Crippen LogP contribution in [0.25, 0.3) is 0 Å². The smallest absolute Gasteiger partial charge is 0.308 e. The van der Waals surface area contributed by atoms with Gasteiger partial charge in [-0.1, -0.05) is 17.7 Å². The van der Waals surface area contributed by atoms with Crippen LogP contribution in [-0.4, -0.2) is 24.4 Å². The topological polar surface area (TPSA) is 113 Å². The number of halogens is 1. The van der Waals surface area contributed by atoms with Gasteiger partial charge >= 0.3 is 6.03 Å².